The first kappa shape index (κ1) is 13.5. The second kappa shape index (κ2) is 5.79. The molecule has 0 fully saturated rings. The van der Waals surface area contributed by atoms with Crippen LogP contribution in [0.3, 0.4) is 0 Å². The maximum Gasteiger partial charge on any atom is 0.254 e. The number of halogens is 1. The van der Waals surface area contributed by atoms with Gasteiger partial charge in [-0.15, -0.1) is 10.2 Å². The summed E-state index contributed by atoms with van der Waals surface area (Å²) in [6.45, 7) is 2.29. The van der Waals surface area contributed by atoms with Gasteiger partial charge in [-0.2, -0.15) is 0 Å². The quantitative estimate of drug-likeness (QED) is 0.911. The fourth-order valence-corrected chi connectivity index (χ4v) is 1.90. The van der Waals surface area contributed by atoms with E-state index in [4.69, 9.17) is 11.6 Å². The highest BCUT2D eigenvalue weighted by atomic mass is 35.5. The van der Waals surface area contributed by atoms with Crippen molar-refractivity contribution in [1.82, 2.24) is 25.1 Å². The number of nitrogens with zero attached hydrogens (tertiary/aromatic N) is 4. The molecule has 0 aromatic carbocycles. The predicted molar refractivity (Wildman–Crippen MR) is 71.0 cm³/mol. The van der Waals surface area contributed by atoms with Crippen molar-refractivity contribution in [1.29, 1.82) is 0 Å². The van der Waals surface area contributed by atoms with Crippen LogP contribution >= 0.6 is 11.6 Å². The second-order valence-electron chi connectivity index (χ2n) is 4.17. The van der Waals surface area contributed by atoms with Gasteiger partial charge in [-0.25, -0.2) is 0 Å². The lowest BCUT2D eigenvalue weighted by Crippen LogP contribution is -2.26. The van der Waals surface area contributed by atoms with Crippen molar-refractivity contribution in [3.05, 3.63) is 40.7 Å². The lowest BCUT2D eigenvalue weighted by Gasteiger charge is -2.06. The molecule has 0 aliphatic carbocycles. The number of carbonyl (C=O) groups is 1. The topological polar surface area (TPSA) is 72.7 Å². The minimum absolute atomic E-state index is 0.236. The van der Waals surface area contributed by atoms with Crippen molar-refractivity contribution in [3.63, 3.8) is 0 Å². The van der Waals surface area contributed by atoms with E-state index in [0.717, 1.165) is 11.5 Å². The fourth-order valence-electron chi connectivity index (χ4n) is 1.61. The van der Waals surface area contributed by atoms with Crippen molar-refractivity contribution in [2.24, 2.45) is 7.05 Å². The van der Waals surface area contributed by atoms with Crippen LogP contribution in [0.4, 0.5) is 0 Å². The first-order valence-electron chi connectivity index (χ1n) is 5.81. The molecular formula is C12H14ClN5O. The van der Waals surface area contributed by atoms with Gasteiger partial charge in [0.05, 0.1) is 10.6 Å². The Labute approximate surface area is 115 Å². The number of pyridine rings is 1. The number of carbonyl (C=O) groups excluding carboxylic acids is 1. The SMILES string of the molecule is Cc1cc(Cl)c(C(=O)NCCc2nncn2C)cn1. The molecule has 0 radical (unpaired) electrons. The fraction of sp³-hybridized carbons (Fsp3) is 0.333. The van der Waals surface area contributed by atoms with E-state index in [1.807, 2.05) is 18.5 Å². The molecule has 100 valence electrons. The van der Waals surface area contributed by atoms with Gasteiger partial charge in [0.1, 0.15) is 12.2 Å². The third kappa shape index (κ3) is 3.29. The summed E-state index contributed by atoms with van der Waals surface area (Å²) in [5.41, 5.74) is 1.16. The van der Waals surface area contributed by atoms with E-state index in [9.17, 15) is 4.79 Å². The van der Waals surface area contributed by atoms with E-state index < -0.39 is 0 Å². The van der Waals surface area contributed by atoms with Crippen LogP contribution in [-0.4, -0.2) is 32.2 Å². The molecule has 0 aliphatic rings. The van der Waals surface area contributed by atoms with Crippen LogP contribution in [0.25, 0.3) is 0 Å². The number of nitrogens with one attached hydrogen (secondary N) is 1. The van der Waals surface area contributed by atoms with Crippen LogP contribution in [0.15, 0.2) is 18.6 Å². The minimum atomic E-state index is -0.236. The summed E-state index contributed by atoms with van der Waals surface area (Å²) < 4.78 is 1.81. The molecule has 19 heavy (non-hydrogen) atoms. The van der Waals surface area contributed by atoms with Gasteiger partial charge in [-0.1, -0.05) is 11.6 Å². The molecule has 0 saturated heterocycles. The number of rotatable bonds is 4. The van der Waals surface area contributed by atoms with Crippen LogP contribution < -0.4 is 5.32 Å². The molecule has 0 atom stereocenters. The molecule has 0 aliphatic heterocycles. The Bertz CT molecular complexity index is 596. The van der Waals surface area contributed by atoms with Gasteiger partial charge < -0.3 is 9.88 Å². The zero-order valence-corrected chi connectivity index (χ0v) is 11.5. The summed E-state index contributed by atoms with van der Waals surface area (Å²) in [6.07, 6.45) is 3.71. The minimum Gasteiger partial charge on any atom is -0.351 e. The van der Waals surface area contributed by atoms with Gasteiger partial charge in [0.2, 0.25) is 0 Å². The molecule has 6 nitrogen and oxygen atoms in total. The Morgan fingerprint density at radius 2 is 2.32 bits per heavy atom. The lowest BCUT2D eigenvalue weighted by atomic mass is 10.2. The smallest absolute Gasteiger partial charge is 0.254 e. The monoisotopic (exact) mass is 279 g/mol. The second-order valence-corrected chi connectivity index (χ2v) is 4.58. The van der Waals surface area contributed by atoms with Gasteiger partial charge in [0.25, 0.3) is 5.91 Å². The van der Waals surface area contributed by atoms with Gasteiger partial charge in [0.15, 0.2) is 0 Å². The molecule has 0 bridgehead atoms. The average Bonchev–Trinajstić information content (AvgIpc) is 2.75. The molecule has 0 spiro atoms. The first-order valence-corrected chi connectivity index (χ1v) is 6.19. The summed E-state index contributed by atoms with van der Waals surface area (Å²) in [4.78, 5) is 16.0. The zero-order valence-electron chi connectivity index (χ0n) is 10.7. The molecule has 1 N–H and O–H groups in total. The molecule has 2 aromatic heterocycles. The van der Waals surface area contributed by atoms with Gasteiger partial charge in [-0.05, 0) is 13.0 Å². The third-order valence-electron chi connectivity index (χ3n) is 2.67. The highest BCUT2D eigenvalue weighted by Crippen LogP contribution is 2.15. The average molecular weight is 280 g/mol. The van der Waals surface area contributed by atoms with Crippen LogP contribution in [0, 0.1) is 6.92 Å². The Hall–Kier alpha value is -1.95. The van der Waals surface area contributed by atoms with Crippen molar-refractivity contribution in [2.75, 3.05) is 6.54 Å². The molecule has 7 heteroatoms. The lowest BCUT2D eigenvalue weighted by molar-refractivity contribution is 0.0953. The van der Waals surface area contributed by atoms with E-state index in [1.54, 1.807) is 12.4 Å². The molecule has 0 saturated carbocycles. The Morgan fingerprint density at radius 3 is 2.95 bits per heavy atom. The zero-order chi connectivity index (χ0) is 13.8. The summed E-state index contributed by atoms with van der Waals surface area (Å²) in [5.74, 6) is 0.577. The van der Waals surface area contributed by atoms with Gasteiger partial charge in [-0.3, -0.25) is 9.78 Å². The summed E-state index contributed by atoms with van der Waals surface area (Å²) in [5, 5.41) is 10.9. The van der Waals surface area contributed by atoms with Crippen LogP contribution in [0.5, 0.6) is 0 Å². The summed E-state index contributed by atoms with van der Waals surface area (Å²) >= 11 is 6.00. The third-order valence-corrected chi connectivity index (χ3v) is 2.99. The number of hydrogen-bond donors (Lipinski definition) is 1. The standard InChI is InChI=1S/C12H14ClN5O/c1-8-5-10(13)9(6-15-8)12(19)14-4-3-11-17-16-7-18(11)2/h5-7H,3-4H2,1-2H3,(H,14,19). The molecule has 2 aromatic rings. The maximum atomic E-state index is 11.9. The first-order chi connectivity index (χ1) is 9.08. The maximum absolute atomic E-state index is 11.9. The van der Waals surface area contributed by atoms with E-state index >= 15 is 0 Å². The Morgan fingerprint density at radius 1 is 1.53 bits per heavy atom. The van der Waals surface area contributed by atoms with Crippen molar-refractivity contribution in [3.8, 4) is 0 Å². The van der Waals surface area contributed by atoms with E-state index in [-0.39, 0.29) is 5.91 Å². The van der Waals surface area contributed by atoms with Gasteiger partial charge >= 0.3 is 0 Å². The van der Waals surface area contributed by atoms with E-state index in [0.29, 0.717) is 23.6 Å². The molecule has 2 rings (SSSR count). The highest BCUT2D eigenvalue weighted by Gasteiger charge is 2.11. The molecule has 1 amide bonds. The predicted octanol–water partition coefficient (Wildman–Crippen LogP) is 1.14. The van der Waals surface area contributed by atoms with Gasteiger partial charge in [0, 0.05) is 31.9 Å². The van der Waals surface area contributed by atoms with E-state index in [1.165, 1.54) is 6.20 Å². The van der Waals surface area contributed by atoms with Crippen molar-refractivity contribution < 1.29 is 4.79 Å². The van der Waals surface area contributed by atoms with Crippen molar-refractivity contribution in [2.45, 2.75) is 13.3 Å². The highest BCUT2D eigenvalue weighted by molar-refractivity contribution is 6.33. The van der Waals surface area contributed by atoms with Crippen LogP contribution in [-0.2, 0) is 13.5 Å². The number of aryl methyl sites for hydroxylation is 2. The number of aromatic nitrogens is 4. The Kier molecular flexibility index (Phi) is 4.11. The number of amides is 1. The normalized spacial score (nSPS) is 10.5. The molecular weight excluding hydrogens is 266 g/mol. The van der Waals surface area contributed by atoms with E-state index in [2.05, 4.69) is 20.5 Å². The van der Waals surface area contributed by atoms with Crippen LogP contribution in [0.1, 0.15) is 21.9 Å². The largest absolute Gasteiger partial charge is 0.351 e. The summed E-state index contributed by atoms with van der Waals surface area (Å²) in [7, 11) is 1.86. The molecule has 2 heterocycles. The van der Waals surface area contributed by atoms with Crippen LogP contribution in [0.2, 0.25) is 5.02 Å². The summed E-state index contributed by atoms with van der Waals surface area (Å²) in [6, 6.07) is 1.67. The Balaban J connectivity index is 1.93. The number of hydrogen-bond acceptors (Lipinski definition) is 4. The van der Waals surface area contributed by atoms with Crippen molar-refractivity contribution >= 4 is 17.5 Å². The molecule has 0 unspecified atom stereocenters.